The average molecular weight is 220 g/mol. The molecular weight excluding hydrogens is 200 g/mol. The fourth-order valence-electron chi connectivity index (χ4n) is 2.12. The van der Waals surface area contributed by atoms with Crippen LogP contribution in [0.25, 0.3) is 0 Å². The summed E-state index contributed by atoms with van der Waals surface area (Å²) < 4.78 is 0. The van der Waals surface area contributed by atoms with E-state index in [1.54, 1.807) is 0 Å². The molecule has 0 bridgehead atoms. The van der Waals surface area contributed by atoms with Crippen molar-refractivity contribution >= 4 is 11.4 Å². The van der Waals surface area contributed by atoms with Crippen LogP contribution in [0.4, 0.5) is 11.4 Å². The van der Waals surface area contributed by atoms with Gasteiger partial charge in [0.2, 0.25) is 0 Å². The first-order valence-corrected chi connectivity index (χ1v) is 5.80. The Morgan fingerprint density at radius 2 is 1.81 bits per heavy atom. The fourth-order valence-corrected chi connectivity index (χ4v) is 2.12. The van der Waals surface area contributed by atoms with Gasteiger partial charge in [-0.25, -0.2) is 0 Å². The summed E-state index contributed by atoms with van der Waals surface area (Å²) in [4.78, 5) is 4.56. The third-order valence-corrected chi connectivity index (χ3v) is 3.44. The molecule has 88 valence electrons. The van der Waals surface area contributed by atoms with Crippen molar-refractivity contribution in [1.82, 2.24) is 0 Å². The molecule has 1 heterocycles. The van der Waals surface area contributed by atoms with Crippen molar-refractivity contribution in [1.29, 1.82) is 0 Å². The van der Waals surface area contributed by atoms with Gasteiger partial charge in [-0.1, -0.05) is 13.0 Å². The van der Waals surface area contributed by atoms with Crippen molar-refractivity contribution in [3.05, 3.63) is 23.8 Å². The highest BCUT2D eigenvalue weighted by atomic mass is 16.3. The van der Waals surface area contributed by atoms with Gasteiger partial charge in [0.15, 0.2) is 0 Å². The summed E-state index contributed by atoms with van der Waals surface area (Å²) in [5, 5.41) is 9.19. The van der Waals surface area contributed by atoms with Gasteiger partial charge in [0.05, 0.1) is 11.4 Å². The van der Waals surface area contributed by atoms with Crippen molar-refractivity contribution in [3.8, 4) is 0 Å². The Hall–Kier alpha value is -1.22. The van der Waals surface area contributed by atoms with Crippen molar-refractivity contribution in [2.75, 3.05) is 43.6 Å². The number of aliphatic hydroxyl groups excluding tert-OH is 1. The van der Waals surface area contributed by atoms with Crippen LogP contribution < -0.4 is 9.80 Å². The number of fused-ring (bicyclic) bond motifs is 1. The Balaban J connectivity index is 2.40. The lowest BCUT2D eigenvalue weighted by molar-refractivity contribution is 0.273. The normalized spacial score (nSPS) is 17.2. The zero-order chi connectivity index (χ0) is 11.7. The van der Waals surface area contributed by atoms with Gasteiger partial charge in [-0.05, 0) is 17.7 Å². The molecule has 1 aromatic rings. The minimum atomic E-state index is 0.207. The number of nitrogens with zero attached hydrogens (tertiary/aromatic N) is 2. The standard InChI is InChI=1S/C13H20N2O/c1-10(9-16)11-4-5-12-13(8-11)15(3)7-6-14(12)2/h4-5,8,10,16H,6-7,9H2,1-3H3. The lowest BCUT2D eigenvalue weighted by atomic mass is 9.99. The zero-order valence-electron chi connectivity index (χ0n) is 10.3. The molecule has 16 heavy (non-hydrogen) atoms. The predicted molar refractivity (Wildman–Crippen MR) is 68.5 cm³/mol. The molecule has 0 amide bonds. The number of benzene rings is 1. The number of aliphatic hydroxyl groups is 1. The maximum Gasteiger partial charge on any atom is 0.0604 e. The zero-order valence-corrected chi connectivity index (χ0v) is 10.3. The van der Waals surface area contributed by atoms with E-state index in [1.807, 2.05) is 6.92 Å². The van der Waals surface area contributed by atoms with Crippen LogP contribution in [0.2, 0.25) is 0 Å². The van der Waals surface area contributed by atoms with Crippen LogP contribution in [0, 0.1) is 0 Å². The summed E-state index contributed by atoms with van der Waals surface area (Å²) in [7, 11) is 4.25. The minimum absolute atomic E-state index is 0.207. The topological polar surface area (TPSA) is 26.7 Å². The molecule has 3 nitrogen and oxygen atoms in total. The number of anilines is 2. The van der Waals surface area contributed by atoms with Crippen LogP contribution in [0.3, 0.4) is 0 Å². The van der Waals surface area contributed by atoms with Crippen molar-refractivity contribution in [3.63, 3.8) is 0 Å². The lowest BCUT2D eigenvalue weighted by Gasteiger charge is -2.35. The van der Waals surface area contributed by atoms with Gasteiger partial charge in [0, 0.05) is 39.7 Å². The molecule has 0 spiro atoms. The minimum Gasteiger partial charge on any atom is -0.396 e. The van der Waals surface area contributed by atoms with Gasteiger partial charge < -0.3 is 14.9 Å². The van der Waals surface area contributed by atoms with E-state index < -0.39 is 0 Å². The molecule has 1 atom stereocenters. The maximum atomic E-state index is 9.19. The maximum absolute atomic E-state index is 9.19. The molecule has 2 rings (SSSR count). The Kier molecular flexibility index (Phi) is 3.06. The summed E-state index contributed by atoms with van der Waals surface area (Å²) in [5.74, 6) is 0.214. The SMILES string of the molecule is CC(CO)c1ccc2c(c1)N(C)CCN2C. The van der Waals surface area contributed by atoms with Crippen LogP contribution in [0.5, 0.6) is 0 Å². The Morgan fingerprint density at radius 1 is 1.19 bits per heavy atom. The molecule has 1 unspecified atom stereocenters. The molecule has 0 aliphatic carbocycles. The highest BCUT2D eigenvalue weighted by Crippen LogP contribution is 2.33. The first-order chi connectivity index (χ1) is 7.63. The monoisotopic (exact) mass is 220 g/mol. The van der Waals surface area contributed by atoms with Crippen LogP contribution in [-0.2, 0) is 0 Å². The van der Waals surface area contributed by atoms with Gasteiger partial charge in [0.1, 0.15) is 0 Å². The number of rotatable bonds is 2. The second-order valence-corrected chi connectivity index (χ2v) is 4.67. The largest absolute Gasteiger partial charge is 0.396 e. The van der Waals surface area contributed by atoms with Gasteiger partial charge in [-0.3, -0.25) is 0 Å². The van der Waals surface area contributed by atoms with E-state index in [-0.39, 0.29) is 12.5 Å². The Bertz CT molecular complexity index is 378. The lowest BCUT2D eigenvalue weighted by Crippen LogP contribution is -2.36. The second kappa shape index (κ2) is 4.34. The first-order valence-electron chi connectivity index (χ1n) is 5.80. The van der Waals surface area contributed by atoms with Crippen LogP contribution in [-0.4, -0.2) is 38.9 Å². The summed E-state index contributed by atoms with van der Waals surface area (Å²) in [5.41, 5.74) is 3.76. The third kappa shape index (κ3) is 1.87. The van der Waals surface area contributed by atoms with Crippen molar-refractivity contribution < 1.29 is 5.11 Å². The smallest absolute Gasteiger partial charge is 0.0604 e. The van der Waals surface area contributed by atoms with Crippen LogP contribution in [0.15, 0.2) is 18.2 Å². The predicted octanol–water partition coefficient (Wildman–Crippen LogP) is 1.67. The third-order valence-electron chi connectivity index (χ3n) is 3.44. The summed E-state index contributed by atoms with van der Waals surface area (Å²) in [6.07, 6.45) is 0. The molecule has 3 heteroatoms. The van der Waals surface area contributed by atoms with E-state index >= 15 is 0 Å². The van der Waals surface area contributed by atoms with Gasteiger partial charge >= 0.3 is 0 Å². The Labute approximate surface area is 97.3 Å². The van der Waals surface area contributed by atoms with E-state index in [0.717, 1.165) is 13.1 Å². The molecular formula is C13H20N2O. The summed E-state index contributed by atoms with van der Waals surface area (Å²) in [6, 6.07) is 6.48. The molecule has 0 aromatic heterocycles. The van der Waals surface area contributed by atoms with E-state index in [2.05, 4.69) is 42.1 Å². The molecule has 1 aromatic carbocycles. The number of hydrogen-bond donors (Lipinski definition) is 1. The summed E-state index contributed by atoms with van der Waals surface area (Å²) >= 11 is 0. The van der Waals surface area contributed by atoms with Crippen LogP contribution >= 0.6 is 0 Å². The molecule has 0 saturated heterocycles. The van der Waals surface area contributed by atoms with Crippen molar-refractivity contribution in [2.24, 2.45) is 0 Å². The second-order valence-electron chi connectivity index (χ2n) is 4.67. The van der Waals surface area contributed by atoms with Gasteiger partial charge in [-0.2, -0.15) is 0 Å². The van der Waals surface area contributed by atoms with Gasteiger partial charge in [0.25, 0.3) is 0 Å². The highest BCUT2D eigenvalue weighted by molar-refractivity contribution is 5.73. The molecule has 0 saturated carbocycles. The molecule has 1 N–H and O–H groups in total. The number of likely N-dealkylation sites (N-methyl/N-ethyl adjacent to an activating group) is 2. The molecule has 1 aliphatic heterocycles. The van der Waals surface area contributed by atoms with Gasteiger partial charge in [-0.15, -0.1) is 0 Å². The number of hydrogen-bond acceptors (Lipinski definition) is 3. The van der Waals surface area contributed by atoms with E-state index in [1.165, 1.54) is 16.9 Å². The van der Waals surface area contributed by atoms with E-state index in [9.17, 15) is 5.11 Å². The van der Waals surface area contributed by atoms with E-state index in [4.69, 9.17) is 0 Å². The molecule has 0 radical (unpaired) electrons. The first kappa shape index (κ1) is 11.3. The van der Waals surface area contributed by atoms with E-state index in [0.29, 0.717) is 0 Å². The fraction of sp³-hybridized carbons (Fsp3) is 0.538. The van der Waals surface area contributed by atoms with Crippen molar-refractivity contribution in [2.45, 2.75) is 12.8 Å². The molecule has 1 aliphatic rings. The quantitative estimate of drug-likeness (QED) is 0.821. The van der Waals surface area contributed by atoms with Crippen LogP contribution in [0.1, 0.15) is 18.4 Å². The summed E-state index contributed by atoms with van der Waals surface area (Å²) in [6.45, 7) is 4.38. The molecule has 0 fully saturated rings. The highest BCUT2D eigenvalue weighted by Gasteiger charge is 2.18. The Morgan fingerprint density at radius 3 is 2.44 bits per heavy atom. The average Bonchev–Trinajstić information content (AvgIpc) is 2.32.